The third kappa shape index (κ3) is 5.87. The van der Waals surface area contributed by atoms with Gasteiger partial charge in [-0.15, -0.1) is 0 Å². The monoisotopic (exact) mass is 165 g/mol. The van der Waals surface area contributed by atoms with Gasteiger partial charge in [0.05, 0.1) is 0 Å². The van der Waals surface area contributed by atoms with Crippen LogP contribution in [0.2, 0.25) is 0 Å². The average molecular weight is 165 g/mol. The van der Waals surface area contributed by atoms with Gasteiger partial charge in [0.1, 0.15) is 6.04 Å². The fraction of sp³-hybridized carbons (Fsp3) is 0.800. The topological polar surface area (TPSA) is 91.8 Å². The molecule has 60 valence electrons. The summed E-state index contributed by atoms with van der Waals surface area (Å²) in [5.41, 5.74) is 5.19. The van der Waals surface area contributed by atoms with Crippen LogP contribution in [0.4, 0.5) is 0 Å². The highest BCUT2D eigenvalue weighted by Crippen LogP contribution is 1.97. The molecule has 0 saturated heterocycles. The molecule has 0 spiro atoms. The summed E-state index contributed by atoms with van der Waals surface area (Å²) in [5, 5.41) is 8.27. The van der Waals surface area contributed by atoms with Gasteiger partial charge in [-0.3, -0.25) is 4.79 Å². The van der Waals surface area contributed by atoms with Gasteiger partial charge in [-0.1, -0.05) is 0 Å². The first kappa shape index (κ1) is 12.4. The van der Waals surface area contributed by atoms with E-state index in [2.05, 4.69) is 0 Å². The molecule has 4 nitrogen and oxygen atoms in total. The number of nitrogens with two attached hydrogens (primary N) is 1. The predicted octanol–water partition coefficient (Wildman–Crippen LogP) is 0.0326. The first-order valence-electron chi connectivity index (χ1n) is 2.65. The van der Waals surface area contributed by atoms with Crippen molar-refractivity contribution in [3.63, 3.8) is 0 Å². The second-order valence-electron chi connectivity index (χ2n) is 1.73. The maximum absolute atomic E-state index is 10.1. The van der Waals surface area contributed by atoms with Gasteiger partial charge in [0.2, 0.25) is 0 Å². The number of carbonyl (C=O) groups is 1. The summed E-state index contributed by atoms with van der Waals surface area (Å²) in [5.74, 6) is -0.1000. The van der Waals surface area contributed by atoms with Crippen LogP contribution >= 0.6 is 11.8 Å². The molecule has 0 unspecified atom stereocenters. The zero-order valence-corrected chi connectivity index (χ0v) is 6.56. The lowest BCUT2D eigenvalue weighted by molar-refractivity contribution is -0.138. The van der Waals surface area contributed by atoms with Gasteiger partial charge in [-0.25, -0.2) is 0 Å². The SMILES string of the molecule is CSCC[C@H](N)C(=O)O.[O]. The van der Waals surface area contributed by atoms with Crippen LogP contribution < -0.4 is 5.73 Å². The molecule has 0 aromatic heterocycles. The largest absolute Gasteiger partial charge is 0.480 e. The summed E-state index contributed by atoms with van der Waals surface area (Å²) >= 11 is 1.60. The molecule has 3 N–H and O–H groups in total. The van der Waals surface area contributed by atoms with Gasteiger partial charge >= 0.3 is 5.97 Å². The Morgan fingerprint density at radius 1 is 1.80 bits per heavy atom. The van der Waals surface area contributed by atoms with Crippen molar-refractivity contribution in [3.8, 4) is 0 Å². The molecule has 0 heterocycles. The summed E-state index contributed by atoms with van der Waals surface area (Å²) in [4.78, 5) is 10.1. The Kier molecular flexibility index (Phi) is 8.51. The van der Waals surface area contributed by atoms with Crippen LogP contribution in [0.25, 0.3) is 0 Å². The van der Waals surface area contributed by atoms with Crippen LogP contribution in [-0.2, 0) is 10.3 Å². The summed E-state index contributed by atoms with van der Waals surface area (Å²) in [6, 6.07) is -0.683. The molecule has 0 bridgehead atoms. The van der Waals surface area contributed by atoms with Crippen LogP contribution in [-0.4, -0.2) is 29.1 Å². The minimum absolute atomic E-state index is 0. The molecule has 2 radical (unpaired) electrons. The van der Waals surface area contributed by atoms with Crippen molar-refractivity contribution < 1.29 is 15.4 Å². The number of rotatable bonds is 4. The van der Waals surface area contributed by atoms with Crippen molar-refractivity contribution in [2.75, 3.05) is 12.0 Å². The smallest absolute Gasteiger partial charge is 0.320 e. The first-order valence-corrected chi connectivity index (χ1v) is 4.05. The fourth-order valence-electron chi connectivity index (χ4n) is 0.368. The molecule has 0 fully saturated rings. The third-order valence-corrected chi connectivity index (χ3v) is 1.59. The molecular formula is C5H11NO3S. The quantitative estimate of drug-likeness (QED) is 0.614. The van der Waals surface area contributed by atoms with E-state index in [9.17, 15) is 4.79 Å². The van der Waals surface area contributed by atoms with Gasteiger partial charge in [0.25, 0.3) is 0 Å². The third-order valence-electron chi connectivity index (χ3n) is 0.950. The molecule has 0 aliphatic carbocycles. The highest BCUT2D eigenvalue weighted by molar-refractivity contribution is 7.98. The van der Waals surface area contributed by atoms with Gasteiger partial charge in [-0.2, -0.15) is 11.8 Å². The molecule has 0 amide bonds. The molecule has 0 aliphatic heterocycles. The zero-order chi connectivity index (χ0) is 7.28. The summed E-state index contributed by atoms with van der Waals surface area (Å²) in [6.45, 7) is 0. The lowest BCUT2D eigenvalue weighted by Gasteiger charge is -2.02. The summed E-state index contributed by atoms with van der Waals surface area (Å²) in [6.07, 6.45) is 2.48. The Hall–Kier alpha value is -0.260. The van der Waals surface area contributed by atoms with E-state index in [1.807, 2.05) is 6.26 Å². The van der Waals surface area contributed by atoms with Crippen molar-refractivity contribution in [1.29, 1.82) is 0 Å². The van der Waals surface area contributed by atoms with E-state index in [1.54, 1.807) is 11.8 Å². The van der Waals surface area contributed by atoms with Crippen LogP contribution in [0.1, 0.15) is 6.42 Å². The molecule has 0 saturated carbocycles. The molecule has 0 aromatic rings. The van der Waals surface area contributed by atoms with Crippen LogP contribution in [0, 0.1) is 0 Å². The lowest BCUT2D eigenvalue weighted by Crippen LogP contribution is -2.30. The maximum atomic E-state index is 10.1. The van der Waals surface area contributed by atoms with Gasteiger partial charge in [0, 0.05) is 5.48 Å². The van der Waals surface area contributed by atoms with Crippen molar-refractivity contribution in [1.82, 2.24) is 0 Å². The average Bonchev–Trinajstić information content (AvgIpc) is 1.82. The van der Waals surface area contributed by atoms with E-state index < -0.39 is 12.0 Å². The van der Waals surface area contributed by atoms with Crippen LogP contribution in [0.5, 0.6) is 0 Å². The van der Waals surface area contributed by atoms with Gasteiger partial charge in [-0.05, 0) is 18.4 Å². The Labute approximate surface area is 64.1 Å². The van der Waals surface area contributed by atoms with E-state index in [4.69, 9.17) is 10.8 Å². The van der Waals surface area contributed by atoms with Crippen molar-refractivity contribution >= 4 is 17.7 Å². The predicted molar refractivity (Wildman–Crippen MR) is 39.3 cm³/mol. The van der Waals surface area contributed by atoms with Gasteiger partial charge < -0.3 is 10.8 Å². The number of carboxylic acid groups (broad SMARTS) is 1. The van der Waals surface area contributed by atoms with E-state index >= 15 is 0 Å². The minimum Gasteiger partial charge on any atom is -0.480 e. The zero-order valence-electron chi connectivity index (χ0n) is 5.74. The Morgan fingerprint density at radius 3 is 2.60 bits per heavy atom. The van der Waals surface area contributed by atoms with Gasteiger partial charge in [0.15, 0.2) is 0 Å². The van der Waals surface area contributed by atoms with E-state index in [0.29, 0.717) is 6.42 Å². The fourth-order valence-corrected chi connectivity index (χ4v) is 0.858. The Balaban J connectivity index is 0. The number of hydrogen-bond donors (Lipinski definition) is 2. The molecule has 0 aromatic carbocycles. The Morgan fingerprint density at radius 2 is 2.30 bits per heavy atom. The highest BCUT2D eigenvalue weighted by Gasteiger charge is 2.08. The summed E-state index contributed by atoms with van der Waals surface area (Å²) < 4.78 is 0. The van der Waals surface area contributed by atoms with Crippen LogP contribution in [0.3, 0.4) is 0 Å². The molecule has 10 heavy (non-hydrogen) atoms. The highest BCUT2D eigenvalue weighted by atomic mass is 32.2. The second kappa shape index (κ2) is 6.85. The molecular weight excluding hydrogens is 154 g/mol. The van der Waals surface area contributed by atoms with E-state index in [0.717, 1.165) is 5.75 Å². The molecule has 0 rings (SSSR count). The number of thioether (sulfide) groups is 1. The molecule has 0 aliphatic rings. The number of aliphatic carboxylic acids is 1. The summed E-state index contributed by atoms with van der Waals surface area (Å²) in [7, 11) is 0. The normalized spacial score (nSPS) is 11.8. The van der Waals surface area contributed by atoms with Crippen LogP contribution in [0.15, 0.2) is 0 Å². The molecule has 5 heteroatoms. The molecule has 1 atom stereocenters. The van der Waals surface area contributed by atoms with E-state index in [1.165, 1.54) is 0 Å². The Bertz CT molecular complexity index is 98.9. The van der Waals surface area contributed by atoms with E-state index in [-0.39, 0.29) is 5.48 Å². The first-order chi connectivity index (χ1) is 4.18. The standard InChI is InChI=1S/C5H11NO2S.O/c1-9-3-2-4(6)5(7)8;/h4H,2-3,6H2,1H3,(H,7,8);/t4-;/m0./s1. The van der Waals surface area contributed by atoms with Crippen molar-refractivity contribution in [3.05, 3.63) is 0 Å². The van der Waals surface area contributed by atoms with Crippen molar-refractivity contribution in [2.45, 2.75) is 12.5 Å². The second-order valence-corrected chi connectivity index (χ2v) is 2.71. The number of carboxylic acids is 1. The lowest BCUT2D eigenvalue weighted by atomic mass is 10.2. The number of hydrogen-bond acceptors (Lipinski definition) is 3. The maximum Gasteiger partial charge on any atom is 0.320 e. The van der Waals surface area contributed by atoms with Crippen molar-refractivity contribution in [2.24, 2.45) is 5.73 Å². The minimum atomic E-state index is -0.913.